The number of carbonyl (C=O) groups excluding carboxylic acids is 2. The molecule has 0 bridgehead atoms. The van der Waals surface area contributed by atoms with Gasteiger partial charge in [0.05, 0.1) is 25.2 Å². The number of ether oxygens (including phenoxy) is 1. The van der Waals surface area contributed by atoms with Crippen molar-refractivity contribution in [1.29, 1.82) is 0 Å². The summed E-state index contributed by atoms with van der Waals surface area (Å²) < 4.78 is 5.96. The molecule has 1 amide bonds. The maximum absolute atomic E-state index is 13.3. The Balaban J connectivity index is 4.56. The summed E-state index contributed by atoms with van der Waals surface area (Å²) in [7, 11) is 0. The van der Waals surface area contributed by atoms with E-state index < -0.39 is 18.2 Å². The largest absolute Gasteiger partial charge is 0.462 e. The molecule has 0 fully saturated rings. The number of amides is 1. The van der Waals surface area contributed by atoms with Crippen LogP contribution in [0.2, 0.25) is 0 Å². The zero-order valence-electron chi connectivity index (χ0n) is 46.7. The van der Waals surface area contributed by atoms with Crippen LogP contribution in [0, 0.1) is 0 Å². The molecular formula is C64H117NO5. The smallest absolute Gasteiger partial charge is 0.306 e. The molecule has 0 radical (unpaired) electrons. The van der Waals surface area contributed by atoms with E-state index in [0.717, 1.165) is 89.9 Å². The summed E-state index contributed by atoms with van der Waals surface area (Å²) in [6.45, 7) is 6.46. The highest BCUT2D eigenvalue weighted by molar-refractivity contribution is 5.77. The zero-order valence-corrected chi connectivity index (χ0v) is 46.7. The molecule has 408 valence electrons. The predicted octanol–water partition coefficient (Wildman–Crippen LogP) is 19.1. The SMILES string of the molecule is CCCCC/C=C\C/C=C\C/C=C\CCCCCCCCC(=O)OC(CCCCCCC/C=C\C/C=C\CCCCC)CC(=O)NC(CO)C(O)CCCCCCCCCCCCCCCCCCC. The van der Waals surface area contributed by atoms with Gasteiger partial charge in [0, 0.05) is 6.42 Å². The third-order valence-corrected chi connectivity index (χ3v) is 13.8. The van der Waals surface area contributed by atoms with Gasteiger partial charge in [-0.15, -0.1) is 0 Å². The summed E-state index contributed by atoms with van der Waals surface area (Å²) in [6, 6.07) is -0.712. The molecule has 3 unspecified atom stereocenters. The van der Waals surface area contributed by atoms with Crippen LogP contribution in [0.3, 0.4) is 0 Å². The van der Waals surface area contributed by atoms with Gasteiger partial charge in [-0.3, -0.25) is 9.59 Å². The van der Waals surface area contributed by atoms with E-state index in [4.69, 9.17) is 4.74 Å². The molecule has 0 saturated carbocycles. The summed E-state index contributed by atoms with van der Waals surface area (Å²) in [5.74, 6) is -0.492. The van der Waals surface area contributed by atoms with Crippen LogP contribution in [0.5, 0.6) is 0 Å². The Kier molecular flexibility index (Phi) is 55.5. The number of esters is 1. The highest BCUT2D eigenvalue weighted by atomic mass is 16.5. The molecule has 70 heavy (non-hydrogen) atoms. The van der Waals surface area contributed by atoms with Crippen LogP contribution in [-0.4, -0.2) is 46.9 Å². The summed E-state index contributed by atoms with van der Waals surface area (Å²) in [6.07, 6.45) is 72.8. The number of hydrogen-bond donors (Lipinski definition) is 3. The van der Waals surface area contributed by atoms with E-state index in [1.54, 1.807) is 0 Å². The molecule has 0 heterocycles. The van der Waals surface area contributed by atoms with Crippen LogP contribution in [-0.2, 0) is 14.3 Å². The predicted molar refractivity (Wildman–Crippen MR) is 305 cm³/mol. The van der Waals surface area contributed by atoms with Gasteiger partial charge in [0.1, 0.15) is 6.10 Å². The lowest BCUT2D eigenvalue weighted by Gasteiger charge is -2.24. The van der Waals surface area contributed by atoms with Gasteiger partial charge in [-0.2, -0.15) is 0 Å². The standard InChI is InChI=1S/C64H117NO5/c1-4-7-10-13-16-19-22-25-28-30-31-33-36-39-42-45-48-51-54-57-64(69)70-60(55-52-49-46-43-40-37-34-27-24-21-18-15-12-9-6-3)58-63(68)65-61(59-66)62(67)56-53-50-47-44-41-38-35-32-29-26-23-20-17-14-11-8-5-2/h16,18-19,21,25,27-28,31,33-34,60-62,66-67H,4-15,17,20,22-24,26,29-30,32,35-59H2,1-3H3,(H,65,68)/b19-16-,21-18-,28-25-,33-31-,34-27-. The summed E-state index contributed by atoms with van der Waals surface area (Å²) >= 11 is 0. The molecule has 3 N–H and O–H groups in total. The van der Waals surface area contributed by atoms with E-state index in [-0.39, 0.29) is 24.9 Å². The fourth-order valence-electron chi connectivity index (χ4n) is 9.18. The van der Waals surface area contributed by atoms with Crippen molar-refractivity contribution >= 4 is 11.9 Å². The fraction of sp³-hybridized carbons (Fsp3) is 0.812. The maximum Gasteiger partial charge on any atom is 0.306 e. The molecule has 0 aliphatic heterocycles. The number of carbonyl (C=O) groups is 2. The van der Waals surface area contributed by atoms with Crippen molar-refractivity contribution in [2.45, 2.75) is 328 Å². The number of aliphatic hydroxyl groups is 2. The van der Waals surface area contributed by atoms with Gasteiger partial charge in [0.15, 0.2) is 0 Å². The fourth-order valence-corrected chi connectivity index (χ4v) is 9.18. The van der Waals surface area contributed by atoms with Crippen molar-refractivity contribution in [2.75, 3.05) is 6.61 Å². The second-order valence-corrected chi connectivity index (χ2v) is 20.7. The Morgan fingerprint density at radius 3 is 1.13 bits per heavy atom. The van der Waals surface area contributed by atoms with Crippen molar-refractivity contribution in [3.8, 4) is 0 Å². The van der Waals surface area contributed by atoms with Crippen LogP contribution in [0.15, 0.2) is 60.8 Å². The van der Waals surface area contributed by atoms with Crippen molar-refractivity contribution in [1.82, 2.24) is 5.32 Å². The third kappa shape index (κ3) is 51.9. The lowest BCUT2D eigenvalue weighted by Crippen LogP contribution is -2.46. The Labute approximate surface area is 435 Å². The lowest BCUT2D eigenvalue weighted by molar-refractivity contribution is -0.151. The minimum absolute atomic E-state index is 0.0627. The van der Waals surface area contributed by atoms with E-state index in [9.17, 15) is 19.8 Å². The summed E-state index contributed by atoms with van der Waals surface area (Å²) in [5.41, 5.74) is 0. The van der Waals surface area contributed by atoms with Crippen molar-refractivity contribution in [2.24, 2.45) is 0 Å². The van der Waals surface area contributed by atoms with Gasteiger partial charge in [0.25, 0.3) is 0 Å². The van der Waals surface area contributed by atoms with Gasteiger partial charge in [-0.25, -0.2) is 0 Å². The second-order valence-electron chi connectivity index (χ2n) is 20.7. The second kappa shape index (κ2) is 57.5. The molecular weight excluding hydrogens is 863 g/mol. The lowest BCUT2D eigenvalue weighted by atomic mass is 10.0. The molecule has 0 aromatic heterocycles. The molecule has 0 rings (SSSR count). The Morgan fingerprint density at radius 2 is 0.729 bits per heavy atom. The van der Waals surface area contributed by atoms with Crippen LogP contribution in [0.4, 0.5) is 0 Å². The molecule has 0 aliphatic carbocycles. The van der Waals surface area contributed by atoms with Gasteiger partial charge in [0.2, 0.25) is 5.91 Å². The first kappa shape index (κ1) is 67.6. The van der Waals surface area contributed by atoms with E-state index >= 15 is 0 Å². The normalized spacial score (nSPS) is 13.5. The van der Waals surface area contributed by atoms with Gasteiger partial charge in [-0.05, 0) is 96.3 Å². The number of rotatable bonds is 55. The molecule has 0 saturated heterocycles. The third-order valence-electron chi connectivity index (χ3n) is 13.8. The molecule has 3 atom stereocenters. The van der Waals surface area contributed by atoms with Crippen molar-refractivity contribution < 1.29 is 24.5 Å². The molecule has 0 spiro atoms. The molecule has 6 nitrogen and oxygen atoms in total. The average molecular weight is 981 g/mol. The first-order chi connectivity index (χ1) is 34.5. The van der Waals surface area contributed by atoms with Crippen LogP contribution in [0.25, 0.3) is 0 Å². The Morgan fingerprint density at radius 1 is 0.414 bits per heavy atom. The van der Waals surface area contributed by atoms with Gasteiger partial charge < -0.3 is 20.3 Å². The maximum atomic E-state index is 13.3. The molecule has 0 aliphatic rings. The van der Waals surface area contributed by atoms with Crippen LogP contribution >= 0.6 is 0 Å². The topological polar surface area (TPSA) is 95.9 Å². The highest BCUT2D eigenvalue weighted by Gasteiger charge is 2.24. The first-order valence-corrected chi connectivity index (χ1v) is 30.5. The number of aliphatic hydroxyl groups excluding tert-OH is 2. The summed E-state index contributed by atoms with van der Waals surface area (Å²) in [4.78, 5) is 26.3. The van der Waals surface area contributed by atoms with E-state index in [0.29, 0.717) is 19.3 Å². The van der Waals surface area contributed by atoms with Crippen molar-refractivity contribution in [3.63, 3.8) is 0 Å². The monoisotopic (exact) mass is 980 g/mol. The van der Waals surface area contributed by atoms with E-state index in [1.807, 2.05) is 0 Å². The zero-order chi connectivity index (χ0) is 50.9. The Hall–Kier alpha value is -2.44. The average Bonchev–Trinajstić information content (AvgIpc) is 3.35. The number of unbranched alkanes of at least 4 members (excludes halogenated alkanes) is 33. The molecule has 0 aromatic carbocycles. The highest BCUT2D eigenvalue weighted by Crippen LogP contribution is 2.18. The quantitative estimate of drug-likeness (QED) is 0.0321. The van der Waals surface area contributed by atoms with E-state index in [1.165, 1.54) is 173 Å². The van der Waals surface area contributed by atoms with E-state index in [2.05, 4.69) is 86.8 Å². The molecule has 0 aromatic rings. The summed E-state index contributed by atoms with van der Waals surface area (Å²) in [5, 5.41) is 23.9. The van der Waals surface area contributed by atoms with Crippen LogP contribution in [0.1, 0.15) is 310 Å². The van der Waals surface area contributed by atoms with Crippen LogP contribution < -0.4 is 5.32 Å². The minimum Gasteiger partial charge on any atom is -0.462 e. The number of nitrogens with one attached hydrogen (secondary N) is 1. The number of allylic oxidation sites excluding steroid dienone is 10. The number of hydrogen-bond acceptors (Lipinski definition) is 5. The minimum atomic E-state index is -0.797. The Bertz CT molecular complexity index is 1240. The van der Waals surface area contributed by atoms with Gasteiger partial charge in [-0.1, -0.05) is 261 Å². The van der Waals surface area contributed by atoms with Gasteiger partial charge >= 0.3 is 5.97 Å². The molecule has 6 heteroatoms. The van der Waals surface area contributed by atoms with Crippen molar-refractivity contribution in [3.05, 3.63) is 60.8 Å². The first-order valence-electron chi connectivity index (χ1n) is 30.5.